The summed E-state index contributed by atoms with van der Waals surface area (Å²) in [7, 11) is 0. The molecule has 0 bridgehead atoms. The van der Waals surface area contributed by atoms with Gasteiger partial charge in [-0.3, -0.25) is 0 Å². The number of carbonyl (C=O) groups is 2. The quantitative estimate of drug-likeness (QED) is 0.792. The third-order valence-electron chi connectivity index (χ3n) is 3.59. The molecule has 1 aliphatic rings. The summed E-state index contributed by atoms with van der Waals surface area (Å²) in [5, 5.41) is 11.7. The topological polar surface area (TPSA) is 69.6 Å². The molecule has 1 rings (SSSR count). The lowest BCUT2D eigenvalue weighted by atomic mass is 10.0. The predicted octanol–water partition coefficient (Wildman–Crippen LogP) is 2.21. The SMILES string of the molecule is CCCCC(NC(=O)N1CCCC1(C)C)C(=O)O. The lowest BCUT2D eigenvalue weighted by Gasteiger charge is -2.32. The van der Waals surface area contributed by atoms with Crippen molar-refractivity contribution in [3.05, 3.63) is 0 Å². The molecule has 2 N–H and O–H groups in total. The van der Waals surface area contributed by atoms with Gasteiger partial charge in [-0.05, 0) is 33.1 Å². The molecule has 1 atom stereocenters. The van der Waals surface area contributed by atoms with E-state index >= 15 is 0 Å². The van der Waals surface area contributed by atoms with Crippen molar-refractivity contribution in [1.82, 2.24) is 10.2 Å². The van der Waals surface area contributed by atoms with Gasteiger partial charge in [0, 0.05) is 12.1 Å². The van der Waals surface area contributed by atoms with Crippen LogP contribution in [-0.4, -0.2) is 40.1 Å². The maximum Gasteiger partial charge on any atom is 0.326 e. The zero-order valence-corrected chi connectivity index (χ0v) is 11.5. The van der Waals surface area contributed by atoms with Crippen molar-refractivity contribution in [2.45, 2.75) is 64.5 Å². The Kier molecular flexibility index (Phi) is 4.99. The van der Waals surface area contributed by atoms with E-state index < -0.39 is 12.0 Å². The normalized spacial score (nSPS) is 19.6. The molecule has 0 aromatic heterocycles. The average molecular weight is 256 g/mol. The maximum atomic E-state index is 12.1. The van der Waals surface area contributed by atoms with Gasteiger partial charge >= 0.3 is 12.0 Å². The summed E-state index contributed by atoms with van der Waals surface area (Å²) < 4.78 is 0. The van der Waals surface area contributed by atoms with Gasteiger partial charge in [0.15, 0.2) is 0 Å². The number of likely N-dealkylation sites (tertiary alicyclic amines) is 1. The molecule has 1 aliphatic heterocycles. The Labute approximate surface area is 109 Å². The van der Waals surface area contributed by atoms with Crippen LogP contribution in [0.1, 0.15) is 52.9 Å². The molecule has 104 valence electrons. The van der Waals surface area contributed by atoms with Gasteiger partial charge in [-0.25, -0.2) is 9.59 Å². The summed E-state index contributed by atoms with van der Waals surface area (Å²) in [4.78, 5) is 24.9. The van der Waals surface area contributed by atoms with Crippen molar-refractivity contribution in [2.75, 3.05) is 6.54 Å². The fourth-order valence-electron chi connectivity index (χ4n) is 2.38. The molecule has 0 radical (unpaired) electrons. The Morgan fingerprint density at radius 1 is 1.44 bits per heavy atom. The first-order valence-corrected chi connectivity index (χ1v) is 6.69. The molecule has 1 heterocycles. The second-order valence-electron chi connectivity index (χ2n) is 5.55. The molecule has 0 aromatic rings. The first-order chi connectivity index (χ1) is 8.38. The number of carboxylic acids is 1. The second-order valence-corrected chi connectivity index (χ2v) is 5.55. The minimum atomic E-state index is -0.950. The van der Waals surface area contributed by atoms with Crippen LogP contribution in [0.5, 0.6) is 0 Å². The fourth-order valence-corrected chi connectivity index (χ4v) is 2.38. The van der Waals surface area contributed by atoms with Gasteiger partial charge in [0.1, 0.15) is 6.04 Å². The maximum absolute atomic E-state index is 12.1. The Hall–Kier alpha value is -1.26. The Bertz CT molecular complexity index is 315. The number of carbonyl (C=O) groups excluding carboxylic acids is 1. The first kappa shape index (κ1) is 14.8. The van der Waals surface area contributed by atoms with Crippen LogP contribution in [0, 0.1) is 0 Å². The number of hydrogen-bond acceptors (Lipinski definition) is 2. The number of carboxylic acid groups (broad SMARTS) is 1. The Morgan fingerprint density at radius 3 is 2.56 bits per heavy atom. The number of nitrogens with zero attached hydrogens (tertiary/aromatic N) is 1. The van der Waals surface area contributed by atoms with Crippen LogP contribution in [0.3, 0.4) is 0 Å². The number of unbranched alkanes of at least 4 members (excludes halogenated alkanes) is 1. The lowest BCUT2D eigenvalue weighted by molar-refractivity contribution is -0.139. The molecule has 1 unspecified atom stereocenters. The Balaban J connectivity index is 2.58. The smallest absolute Gasteiger partial charge is 0.326 e. The third-order valence-corrected chi connectivity index (χ3v) is 3.59. The molecule has 5 heteroatoms. The fraction of sp³-hybridized carbons (Fsp3) is 0.846. The largest absolute Gasteiger partial charge is 0.480 e. The molecule has 0 aromatic carbocycles. The summed E-state index contributed by atoms with van der Waals surface area (Å²) in [6.45, 7) is 6.74. The molecular formula is C13H24N2O3. The molecule has 1 fully saturated rings. The predicted molar refractivity (Wildman–Crippen MR) is 69.5 cm³/mol. The van der Waals surface area contributed by atoms with Crippen molar-refractivity contribution in [2.24, 2.45) is 0 Å². The summed E-state index contributed by atoms with van der Waals surface area (Å²) in [5.41, 5.74) is -0.169. The Morgan fingerprint density at radius 2 is 2.11 bits per heavy atom. The van der Waals surface area contributed by atoms with Crippen molar-refractivity contribution >= 4 is 12.0 Å². The highest BCUT2D eigenvalue weighted by molar-refractivity contribution is 5.83. The van der Waals surface area contributed by atoms with Crippen molar-refractivity contribution in [1.29, 1.82) is 0 Å². The van der Waals surface area contributed by atoms with E-state index in [2.05, 4.69) is 5.32 Å². The highest BCUT2D eigenvalue weighted by atomic mass is 16.4. The van der Waals surface area contributed by atoms with Gasteiger partial charge < -0.3 is 15.3 Å². The minimum Gasteiger partial charge on any atom is -0.480 e. The lowest BCUT2D eigenvalue weighted by Crippen LogP contribution is -2.52. The van der Waals surface area contributed by atoms with Crippen LogP contribution in [0.25, 0.3) is 0 Å². The zero-order chi connectivity index (χ0) is 13.8. The number of nitrogens with one attached hydrogen (secondary N) is 1. The standard InChI is InChI=1S/C13H24N2O3/c1-4-5-7-10(11(16)17)14-12(18)15-9-6-8-13(15,2)3/h10H,4-9H2,1-3H3,(H,14,18)(H,16,17). The van der Waals surface area contributed by atoms with E-state index in [1.165, 1.54) is 0 Å². The molecule has 1 saturated heterocycles. The van der Waals surface area contributed by atoms with E-state index in [-0.39, 0.29) is 11.6 Å². The molecule has 0 spiro atoms. The van der Waals surface area contributed by atoms with E-state index in [0.29, 0.717) is 13.0 Å². The number of urea groups is 1. The summed E-state index contributed by atoms with van der Waals surface area (Å²) in [6, 6.07) is -1.02. The van der Waals surface area contributed by atoms with Crippen LogP contribution < -0.4 is 5.32 Å². The summed E-state index contributed by atoms with van der Waals surface area (Å²) in [6.07, 6.45) is 4.17. The van der Waals surface area contributed by atoms with Crippen molar-refractivity contribution in [3.63, 3.8) is 0 Å². The van der Waals surface area contributed by atoms with Gasteiger partial charge in [-0.2, -0.15) is 0 Å². The molecule has 0 aliphatic carbocycles. The van der Waals surface area contributed by atoms with Crippen LogP contribution in [0.4, 0.5) is 4.79 Å². The number of amides is 2. The molecule has 5 nitrogen and oxygen atoms in total. The number of rotatable bonds is 5. The van der Waals surface area contributed by atoms with E-state index in [9.17, 15) is 9.59 Å². The van der Waals surface area contributed by atoms with E-state index in [4.69, 9.17) is 5.11 Å². The minimum absolute atomic E-state index is 0.169. The van der Waals surface area contributed by atoms with E-state index in [1.807, 2.05) is 20.8 Å². The highest BCUT2D eigenvalue weighted by Gasteiger charge is 2.36. The monoisotopic (exact) mass is 256 g/mol. The second kappa shape index (κ2) is 6.07. The first-order valence-electron chi connectivity index (χ1n) is 6.69. The van der Waals surface area contributed by atoms with Crippen LogP contribution in [0.2, 0.25) is 0 Å². The summed E-state index contributed by atoms with van der Waals surface area (Å²) in [5.74, 6) is -0.950. The molecular weight excluding hydrogens is 232 g/mol. The van der Waals surface area contributed by atoms with Gasteiger partial charge in [-0.1, -0.05) is 19.8 Å². The number of hydrogen-bond donors (Lipinski definition) is 2. The molecule has 0 saturated carbocycles. The third kappa shape index (κ3) is 3.62. The van der Waals surface area contributed by atoms with Crippen molar-refractivity contribution < 1.29 is 14.7 Å². The van der Waals surface area contributed by atoms with Crippen molar-refractivity contribution in [3.8, 4) is 0 Å². The average Bonchev–Trinajstić information content (AvgIpc) is 2.63. The van der Waals surface area contributed by atoms with Gasteiger partial charge in [0.05, 0.1) is 0 Å². The number of aliphatic carboxylic acids is 1. The zero-order valence-electron chi connectivity index (χ0n) is 11.5. The highest BCUT2D eigenvalue weighted by Crippen LogP contribution is 2.28. The van der Waals surface area contributed by atoms with E-state index in [0.717, 1.165) is 25.7 Å². The summed E-state index contributed by atoms with van der Waals surface area (Å²) >= 11 is 0. The van der Waals surface area contributed by atoms with Crippen LogP contribution in [0.15, 0.2) is 0 Å². The van der Waals surface area contributed by atoms with E-state index in [1.54, 1.807) is 4.90 Å². The van der Waals surface area contributed by atoms with Gasteiger partial charge in [0.2, 0.25) is 0 Å². The van der Waals surface area contributed by atoms with Crippen LogP contribution >= 0.6 is 0 Å². The van der Waals surface area contributed by atoms with Gasteiger partial charge in [-0.15, -0.1) is 0 Å². The van der Waals surface area contributed by atoms with Crippen LogP contribution in [-0.2, 0) is 4.79 Å². The van der Waals surface area contributed by atoms with Gasteiger partial charge in [0.25, 0.3) is 0 Å². The molecule has 18 heavy (non-hydrogen) atoms. The molecule has 2 amide bonds.